The molecule has 0 saturated carbocycles. The molecular formula is C11H6Cl3FN2. The highest BCUT2D eigenvalue weighted by Crippen LogP contribution is 2.36. The largest absolute Gasteiger partial charge is 0.397 e. The number of rotatable bonds is 1. The Balaban J connectivity index is 2.64. The number of hydrogen-bond acceptors (Lipinski definition) is 2. The maximum Gasteiger partial charge on any atom is 0.143 e. The molecule has 2 rings (SSSR count). The van der Waals surface area contributed by atoms with Crippen molar-refractivity contribution in [2.45, 2.75) is 0 Å². The minimum Gasteiger partial charge on any atom is -0.397 e. The van der Waals surface area contributed by atoms with E-state index in [1.165, 1.54) is 12.1 Å². The van der Waals surface area contributed by atoms with Crippen molar-refractivity contribution in [3.63, 3.8) is 0 Å². The lowest BCUT2D eigenvalue weighted by molar-refractivity contribution is 0.622. The third-order valence-corrected chi connectivity index (χ3v) is 3.18. The van der Waals surface area contributed by atoms with Gasteiger partial charge in [0.2, 0.25) is 0 Å². The van der Waals surface area contributed by atoms with E-state index < -0.39 is 5.82 Å². The van der Waals surface area contributed by atoms with Gasteiger partial charge >= 0.3 is 0 Å². The summed E-state index contributed by atoms with van der Waals surface area (Å²) in [5, 5.41) is 1.02. The maximum absolute atomic E-state index is 12.9. The van der Waals surface area contributed by atoms with Crippen LogP contribution in [0, 0.1) is 5.82 Å². The van der Waals surface area contributed by atoms with Crippen molar-refractivity contribution >= 4 is 40.5 Å². The summed E-state index contributed by atoms with van der Waals surface area (Å²) in [5.74, 6) is -0.512. The molecule has 0 spiro atoms. The van der Waals surface area contributed by atoms with Gasteiger partial charge in [0, 0.05) is 11.6 Å². The zero-order valence-electron chi connectivity index (χ0n) is 8.35. The topological polar surface area (TPSA) is 38.9 Å². The van der Waals surface area contributed by atoms with Crippen molar-refractivity contribution in [3.8, 4) is 11.3 Å². The summed E-state index contributed by atoms with van der Waals surface area (Å²) in [6, 6.07) is 4.20. The lowest BCUT2D eigenvalue weighted by atomic mass is 10.1. The SMILES string of the molecule is Nc1cc(F)cnc1-c1cc(Cl)c(Cl)cc1Cl. The van der Waals surface area contributed by atoms with Gasteiger partial charge in [-0.25, -0.2) is 4.39 Å². The number of nitrogens with zero attached hydrogens (tertiary/aromatic N) is 1. The van der Waals surface area contributed by atoms with Crippen LogP contribution in [-0.2, 0) is 0 Å². The van der Waals surface area contributed by atoms with Crippen molar-refractivity contribution in [2.24, 2.45) is 0 Å². The molecule has 0 aliphatic rings. The first-order valence-electron chi connectivity index (χ1n) is 4.55. The fourth-order valence-corrected chi connectivity index (χ4v) is 2.02. The summed E-state index contributed by atoms with van der Waals surface area (Å²) < 4.78 is 12.9. The number of hydrogen-bond donors (Lipinski definition) is 1. The number of nitrogens with two attached hydrogens (primary N) is 1. The van der Waals surface area contributed by atoms with E-state index in [0.29, 0.717) is 26.3 Å². The molecule has 0 unspecified atom stereocenters. The Morgan fingerprint density at radius 3 is 2.29 bits per heavy atom. The molecule has 0 atom stereocenters. The first kappa shape index (κ1) is 12.4. The van der Waals surface area contributed by atoms with Crippen molar-refractivity contribution in [3.05, 3.63) is 45.3 Å². The predicted octanol–water partition coefficient (Wildman–Crippen LogP) is 4.43. The Kier molecular flexibility index (Phi) is 3.43. The molecule has 0 aliphatic heterocycles. The molecule has 2 aromatic rings. The van der Waals surface area contributed by atoms with Crippen LogP contribution in [0.25, 0.3) is 11.3 Å². The van der Waals surface area contributed by atoms with Gasteiger partial charge < -0.3 is 5.73 Å². The standard InChI is InChI=1S/C11H6Cl3FN2/c12-7-3-9(14)8(13)2-6(7)11-10(16)1-5(15)4-17-11/h1-4H,16H2. The number of halogens is 4. The Morgan fingerprint density at radius 1 is 1.00 bits per heavy atom. The lowest BCUT2D eigenvalue weighted by Gasteiger charge is -2.08. The van der Waals surface area contributed by atoms with Crippen LogP contribution in [0.15, 0.2) is 24.4 Å². The molecular weight excluding hydrogens is 285 g/mol. The second-order valence-corrected chi connectivity index (χ2v) is 4.56. The first-order chi connectivity index (χ1) is 7.99. The number of benzene rings is 1. The summed E-state index contributed by atoms with van der Waals surface area (Å²) in [6.45, 7) is 0. The van der Waals surface area contributed by atoms with Gasteiger partial charge in [-0.1, -0.05) is 34.8 Å². The van der Waals surface area contributed by atoms with E-state index in [2.05, 4.69) is 4.98 Å². The summed E-state index contributed by atoms with van der Waals surface area (Å²) >= 11 is 17.7. The van der Waals surface area contributed by atoms with Crippen LogP contribution in [0.5, 0.6) is 0 Å². The van der Waals surface area contributed by atoms with Gasteiger partial charge in [-0.05, 0) is 12.1 Å². The summed E-state index contributed by atoms with van der Waals surface area (Å²) in [5.41, 5.74) is 6.74. The highest BCUT2D eigenvalue weighted by molar-refractivity contribution is 6.44. The lowest BCUT2D eigenvalue weighted by Crippen LogP contribution is -1.95. The Bertz CT molecular complexity index is 587. The molecule has 0 saturated heterocycles. The van der Waals surface area contributed by atoms with E-state index in [1.54, 1.807) is 6.07 Å². The Morgan fingerprint density at radius 2 is 1.65 bits per heavy atom. The second-order valence-electron chi connectivity index (χ2n) is 3.34. The molecule has 0 amide bonds. The average Bonchev–Trinajstić information content (AvgIpc) is 2.24. The molecule has 6 heteroatoms. The van der Waals surface area contributed by atoms with Gasteiger partial charge in [-0.15, -0.1) is 0 Å². The summed E-state index contributed by atoms with van der Waals surface area (Å²) in [4.78, 5) is 3.89. The van der Waals surface area contributed by atoms with Crippen LogP contribution in [0.4, 0.5) is 10.1 Å². The molecule has 0 aliphatic carbocycles. The number of anilines is 1. The number of nitrogen functional groups attached to an aromatic ring is 1. The number of aromatic nitrogens is 1. The van der Waals surface area contributed by atoms with Crippen molar-refractivity contribution in [1.29, 1.82) is 0 Å². The van der Waals surface area contributed by atoms with E-state index >= 15 is 0 Å². The van der Waals surface area contributed by atoms with Gasteiger partial charge in [0.05, 0.1) is 32.6 Å². The van der Waals surface area contributed by atoms with Gasteiger partial charge in [0.1, 0.15) is 5.82 Å². The smallest absolute Gasteiger partial charge is 0.143 e. The Hall–Kier alpha value is -1.03. The molecule has 88 valence electrons. The van der Waals surface area contributed by atoms with Crippen LogP contribution < -0.4 is 5.73 Å². The Labute approximate surface area is 112 Å². The van der Waals surface area contributed by atoms with Crippen molar-refractivity contribution < 1.29 is 4.39 Å². The number of pyridine rings is 1. The van der Waals surface area contributed by atoms with Gasteiger partial charge in [-0.3, -0.25) is 4.98 Å². The summed E-state index contributed by atoms with van der Waals surface area (Å²) in [6.07, 6.45) is 1.06. The third kappa shape index (κ3) is 2.46. The van der Waals surface area contributed by atoms with E-state index in [0.717, 1.165) is 6.20 Å². The second kappa shape index (κ2) is 4.69. The predicted molar refractivity (Wildman–Crippen MR) is 69.1 cm³/mol. The first-order valence-corrected chi connectivity index (χ1v) is 5.68. The van der Waals surface area contributed by atoms with Gasteiger partial charge in [0.25, 0.3) is 0 Å². The van der Waals surface area contributed by atoms with E-state index in [9.17, 15) is 4.39 Å². The molecule has 17 heavy (non-hydrogen) atoms. The van der Waals surface area contributed by atoms with Crippen LogP contribution in [-0.4, -0.2) is 4.98 Å². The van der Waals surface area contributed by atoms with Crippen LogP contribution >= 0.6 is 34.8 Å². The average molecular weight is 292 g/mol. The van der Waals surface area contributed by atoms with E-state index in [1.807, 2.05) is 0 Å². The normalized spacial score (nSPS) is 10.6. The third-order valence-electron chi connectivity index (χ3n) is 2.15. The quantitative estimate of drug-likeness (QED) is 0.789. The molecule has 1 heterocycles. The molecule has 1 aromatic carbocycles. The van der Waals surface area contributed by atoms with Crippen LogP contribution in [0.2, 0.25) is 15.1 Å². The molecule has 1 aromatic heterocycles. The van der Waals surface area contributed by atoms with Crippen molar-refractivity contribution in [2.75, 3.05) is 5.73 Å². The highest BCUT2D eigenvalue weighted by atomic mass is 35.5. The van der Waals surface area contributed by atoms with Crippen LogP contribution in [0.3, 0.4) is 0 Å². The minimum absolute atomic E-state index is 0.185. The molecule has 0 radical (unpaired) electrons. The monoisotopic (exact) mass is 290 g/mol. The molecule has 2 nitrogen and oxygen atoms in total. The van der Waals surface area contributed by atoms with Gasteiger partial charge in [-0.2, -0.15) is 0 Å². The van der Waals surface area contributed by atoms with E-state index in [-0.39, 0.29) is 5.69 Å². The summed E-state index contributed by atoms with van der Waals surface area (Å²) in [7, 11) is 0. The van der Waals surface area contributed by atoms with E-state index in [4.69, 9.17) is 40.5 Å². The molecule has 2 N–H and O–H groups in total. The molecule has 0 bridgehead atoms. The van der Waals surface area contributed by atoms with Crippen molar-refractivity contribution in [1.82, 2.24) is 4.98 Å². The molecule has 0 fully saturated rings. The zero-order valence-corrected chi connectivity index (χ0v) is 10.6. The fraction of sp³-hybridized carbons (Fsp3) is 0. The maximum atomic E-state index is 12.9. The zero-order chi connectivity index (χ0) is 12.6. The minimum atomic E-state index is -0.512. The van der Waals surface area contributed by atoms with Gasteiger partial charge in [0.15, 0.2) is 0 Å². The highest BCUT2D eigenvalue weighted by Gasteiger charge is 2.12. The fourth-order valence-electron chi connectivity index (χ4n) is 1.38. The van der Waals surface area contributed by atoms with Crippen LogP contribution in [0.1, 0.15) is 0 Å².